The Kier molecular flexibility index (Phi) is 4.28. The van der Waals surface area contributed by atoms with Crippen LogP contribution >= 0.6 is 0 Å². The standard InChI is InChI=1S/C14H20N8O2/c1-19-9-15-12-11(19)13(23)22(14(24)20(12)2)8-6-4-5-7-10-16-18-21(3)17-10/h9H,4-8H2,1-3H3. The van der Waals surface area contributed by atoms with E-state index in [1.807, 2.05) is 0 Å². The first-order chi connectivity index (χ1) is 11.5. The molecule has 24 heavy (non-hydrogen) atoms. The molecule has 0 atom stereocenters. The monoisotopic (exact) mass is 332 g/mol. The van der Waals surface area contributed by atoms with Gasteiger partial charge in [0.1, 0.15) is 0 Å². The number of hydrogen-bond acceptors (Lipinski definition) is 6. The SMILES string of the molecule is Cn1nnc(CCCCCn2c(=O)c3c(ncn3C)n(C)c2=O)n1. The Morgan fingerprint density at radius 1 is 1.08 bits per heavy atom. The zero-order valence-corrected chi connectivity index (χ0v) is 14.0. The first-order valence-corrected chi connectivity index (χ1v) is 7.82. The second kappa shape index (κ2) is 6.38. The van der Waals surface area contributed by atoms with Gasteiger partial charge in [0, 0.05) is 27.1 Å². The third-order valence-corrected chi connectivity index (χ3v) is 4.03. The van der Waals surface area contributed by atoms with Crippen LogP contribution in [-0.2, 0) is 34.1 Å². The van der Waals surface area contributed by atoms with Crippen LogP contribution in [0.4, 0.5) is 0 Å². The molecule has 0 aromatic carbocycles. The van der Waals surface area contributed by atoms with E-state index in [-0.39, 0.29) is 11.2 Å². The average Bonchev–Trinajstić information content (AvgIpc) is 3.14. The molecule has 0 fully saturated rings. The number of fused-ring (bicyclic) bond motifs is 1. The predicted molar refractivity (Wildman–Crippen MR) is 86.6 cm³/mol. The third-order valence-electron chi connectivity index (χ3n) is 4.03. The highest BCUT2D eigenvalue weighted by Gasteiger charge is 2.14. The summed E-state index contributed by atoms with van der Waals surface area (Å²) in [6.45, 7) is 0.389. The topological polar surface area (TPSA) is 105 Å². The fourth-order valence-electron chi connectivity index (χ4n) is 2.75. The summed E-state index contributed by atoms with van der Waals surface area (Å²) in [6.07, 6.45) is 4.77. The van der Waals surface area contributed by atoms with Crippen molar-refractivity contribution in [3.8, 4) is 0 Å². The van der Waals surface area contributed by atoms with E-state index in [0.717, 1.165) is 25.7 Å². The minimum atomic E-state index is -0.332. The Hall–Kier alpha value is -2.78. The Bertz CT molecular complexity index is 977. The van der Waals surface area contributed by atoms with Crippen molar-refractivity contribution in [2.75, 3.05) is 0 Å². The average molecular weight is 332 g/mol. The van der Waals surface area contributed by atoms with Gasteiger partial charge in [0.2, 0.25) is 0 Å². The summed E-state index contributed by atoms with van der Waals surface area (Å²) >= 11 is 0. The van der Waals surface area contributed by atoms with E-state index < -0.39 is 0 Å². The van der Waals surface area contributed by atoms with E-state index in [2.05, 4.69) is 20.4 Å². The Balaban J connectivity index is 1.68. The quantitative estimate of drug-likeness (QED) is 0.557. The van der Waals surface area contributed by atoms with E-state index in [9.17, 15) is 9.59 Å². The lowest BCUT2D eigenvalue weighted by molar-refractivity contribution is 0.538. The highest BCUT2D eigenvalue weighted by Crippen LogP contribution is 2.05. The largest absolute Gasteiger partial charge is 0.332 e. The Morgan fingerprint density at radius 3 is 2.58 bits per heavy atom. The Labute approximate surface area is 137 Å². The van der Waals surface area contributed by atoms with Crippen molar-refractivity contribution in [3.63, 3.8) is 0 Å². The molecule has 0 saturated heterocycles. The highest BCUT2D eigenvalue weighted by molar-refractivity contribution is 5.69. The number of hydrogen-bond donors (Lipinski definition) is 0. The molecule has 0 spiro atoms. The summed E-state index contributed by atoms with van der Waals surface area (Å²) in [5.41, 5.74) is 0.240. The molecule has 0 aliphatic carbocycles. The minimum absolute atomic E-state index is 0.288. The van der Waals surface area contributed by atoms with Crippen LogP contribution in [0.1, 0.15) is 25.1 Å². The van der Waals surface area contributed by atoms with Crippen LogP contribution < -0.4 is 11.2 Å². The molecular weight excluding hydrogens is 312 g/mol. The fraction of sp³-hybridized carbons (Fsp3) is 0.571. The fourth-order valence-corrected chi connectivity index (χ4v) is 2.75. The van der Waals surface area contributed by atoms with Crippen molar-refractivity contribution in [2.45, 2.75) is 32.2 Å². The summed E-state index contributed by atoms with van der Waals surface area (Å²) in [5.74, 6) is 0.710. The van der Waals surface area contributed by atoms with Crippen LogP contribution in [0.15, 0.2) is 15.9 Å². The van der Waals surface area contributed by atoms with Crippen molar-refractivity contribution in [1.82, 2.24) is 38.9 Å². The summed E-state index contributed by atoms with van der Waals surface area (Å²) in [4.78, 5) is 30.4. The summed E-state index contributed by atoms with van der Waals surface area (Å²) < 4.78 is 4.35. The third kappa shape index (κ3) is 2.86. The summed E-state index contributed by atoms with van der Waals surface area (Å²) in [5, 5.41) is 11.8. The van der Waals surface area contributed by atoms with Gasteiger partial charge >= 0.3 is 5.69 Å². The number of rotatable bonds is 6. The lowest BCUT2D eigenvalue weighted by atomic mass is 10.2. The zero-order valence-electron chi connectivity index (χ0n) is 14.0. The molecule has 3 aromatic rings. The van der Waals surface area contributed by atoms with Gasteiger partial charge in [-0.1, -0.05) is 6.42 Å². The molecule has 0 aliphatic rings. The second-order valence-corrected chi connectivity index (χ2v) is 5.83. The zero-order chi connectivity index (χ0) is 17.3. The van der Waals surface area contributed by atoms with Crippen molar-refractivity contribution >= 4 is 11.2 Å². The lowest BCUT2D eigenvalue weighted by Crippen LogP contribution is -2.39. The van der Waals surface area contributed by atoms with E-state index >= 15 is 0 Å². The van der Waals surface area contributed by atoms with Gasteiger partial charge in [-0.2, -0.15) is 4.80 Å². The van der Waals surface area contributed by atoms with Crippen molar-refractivity contribution < 1.29 is 0 Å². The molecule has 0 aliphatic heterocycles. The maximum absolute atomic E-state index is 12.5. The number of nitrogens with zero attached hydrogens (tertiary/aromatic N) is 8. The van der Waals surface area contributed by atoms with Gasteiger partial charge in [0.15, 0.2) is 17.0 Å². The Morgan fingerprint density at radius 2 is 1.88 bits per heavy atom. The maximum atomic E-state index is 12.5. The predicted octanol–water partition coefficient (Wildman–Crippen LogP) is -0.630. The van der Waals surface area contributed by atoms with Crippen LogP contribution in [0.5, 0.6) is 0 Å². The van der Waals surface area contributed by atoms with Gasteiger partial charge in [-0.15, -0.1) is 10.2 Å². The minimum Gasteiger partial charge on any atom is -0.328 e. The molecule has 0 radical (unpaired) electrons. The van der Waals surface area contributed by atoms with Gasteiger partial charge in [-0.05, 0) is 18.1 Å². The van der Waals surface area contributed by atoms with Gasteiger partial charge in [-0.25, -0.2) is 9.78 Å². The molecule has 0 saturated carbocycles. The van der Waals surface area contributed by atoms with Crippen molar-refractivity contribution in [3.05, 3.63) is 33.0 Å². The van der Waals surface area contributed by atoms with E-state index in [0.29, 0.717) is 23.5 Å². The molecule has 0 amide bonds. The van der Waals surface area contributed by atoms with Crippen molar-refractivity contribution in [2.24, 2.45) is 21.1 Å². The maximum Gasteiger partial charge on any atom is 0.332 e. The van der Waals surface area contributed by atoms with Gasteiger partial charge in [0.25, 0.3) is 5.56 Å². The van der Waals surface area contributed by atoms with E-state index in [4.69, 9.17) is 0 Å². The van der Waals surface area contributed by atoms with Crippen LogP contribution in [-0.4, -0.2) is 38.9 Å². The first kappa shape index (κ1) is 16.1. The van der Waals surface area contributed by atoms with Crippen LogP contribution in [0.25, 0.3) is 11.2 Å². The molecule has 3 rings (SSSR count). The first-order valence-electron chi connectivity index (χ1n) is 7.82. The smallest absolute Gasteiger partial charge is 0.328 e. The molecule has 0 unspecified atom stereocenters. The van der Waals surface area contributed by atoms with Gasteiger partial charge in [0.05, 0.1) is 13.4 Å². The number of imidazole rings is 1. The molecule has 3 aromatic heterocycles. The molecule has 128 valence electrons. The highest BCUT2D eigenvalue weighted by atomic mass is 16.2. The molecule has 3 heterocycles. The van der Waals surface area contributed by atoms with E-state index in [1.54, 1.807) is 32.0 Å². The van der Waals surface area contributed by atoms with Crippen LogP contribution in [0.3, 0.4) is 0 Å². The van der Waals surface area contributed by atoms with Gasteiger partial charge in [-0.3, -0.25) is 13.9 Å². The van der Waals surface area contributed by atoms with Crippen LogP contribution in [0.2, 0.25) is 0 Å². The summed E-state index contributed by atoms with van der Waals surface area (Å²) in [7, 11) is 5.11. The second-order valence-electron chi connectivity index (χ2n) is 5.83. The molecule has 10 heteroatoms. The lowest BCUT2D eigenvalue weighted by Gasteiger charge is -2.08. The number of aryl methyl sites for hydroxylation is 4. The molecule has 10 nitrogen and oxygen atoms in total. The van der Waals surface area contributed by atoms with Gasteiger partial charge < -0.3 is 4.57 Å². The molecule has 0 bridgehead atoms. The van der Waals surface area contributed by atoms with Crippen molar-refractivity contribution in [1.29, 1.82) is 0 Å². The number of tetrazole rings is 1. The van der Waals surface area contributed by atoms with Crippen LogP contribution in [0, 0.1) is 0 Å². The molecular formula is C14H20N8O2. The number of unbranched alkanes of at least 4 members (excludes halogenated alkanes) is 2. The molecule has 0 N–H and O–H groups in total. The summed E-state index contributed by atoms with van der Waals surface area (Å²) in [6, 6.07) is 0. The number of aromatic nitrogens is 8. The van der Waals surface area contributed by atoms with E-state index in [1.165, 1.54) is 13.9 Å². The normalized spacial score (nSPS) is 11.5.